The number of alkyl carbamates (subject to hydrolysis) is 1. The molecule has 1 aromatic carbocycles. The Balaban J connectivity index is 2.09. The van der Waals surface area contributed by atoms with Crippen molar-refractivity contribution in [3.8, 4) is 0 Å². The van der Waals surface area contributed by atoms with Crippen molar-refractivity contribution in [1.29, 1.82) is 0 Å². The zero-order valence-corrected chi connectivity index (χ0v) is 30.1. The van der Waals surface area contributed by atoms with Crippen LogP contribution in [0.15, 0.2) is 101 Å². The fourth-order valence-corrected chi connectivity index (χ4v) is 5.67. The van der Waals surface area contributed by atoms with E-state index in [4.69, 9.17) is 4.74 Å². The van der Waals surface area contributed by atoms with Gasteiger partial charge < -0.3 is 15.0 Å². The number of allylic oxidation sites excluding steroid dienone is 8. The van der Waals surface area contributed by atoms with Crippen molar-refractivity contribution in [3.63, 3.8) is 0 Å². The van der Waals surface area contributed by atoms with E-state index in [0.717, 1.165) is 29.7 Å². The third-order valence-electron chi connectivity index (χ3n) is 8.21. The molecule has 1 aromatic heterocycles. The molecule has 11 heteroatoms. The summed E-state index contributed by atoms with van der Waals surface area (Å²) in [6, 6.07) is 2.67. The SMILES string of the molecule is C=C/C=C\C=C\CCN1CCN(c2c(C)n(Cc3c(F)cccc3F)c(=O)n(C[C@H](NC(=O)OC(C)(C)C)C(/C=C\C=C/C)=C/C)c2=O)CC1. The minimum absolute atomic E-state index is 0.254. The van der Waals surface area contributed by atoms with Gasteiger partial charge in [-0.25, -0.2) is 18.4 Å². The first-order valence-electron chi connectivity index (χ1n) is 16.9. The van der Waals surface area contributed by atoms with E-state index in [-0.39, 0.29) is 17.8 Å². The zero-order valence-electron chi connectivity index (χ0n) is 30.1. The van der Waals surface area contributed by atoms with Crippen molar-refractivity contribution in [2.75, 3.05) is 37.6 Å². The summed E-state index contributed by atoms with van der Waals surface area (Å²) in [6.45, 7) is 16.7. The van der Waals surface area contributed by atoms with Gasteiger partial charge >= 0.3 is 11.8 Å². The number of anilines is 1. The summed E-state index contributed by atoms with van der Waals surface area (Å²) >= 11 is 0. The van der Waals surface area contributed by atoms with E-state index in [0.29, 0.717) is 37.4 Å². The molecule has 0 spiro atoms. The molecule has 0 bridgehead atoms. The van der Waals surface area contributed by atoms with Crippen LogP contribution in [0.5, 0.6) is 0 Å². The maximum Gasteiger partial charge on any atom is 0.408 e. The predicted molar refractivity (Wildman–Crippen MR) is 198 cm³/mol. The van der Waals surface area contributed by atoms with E-state index in [2.05, 4.69) is 22.9 Å². The molecular formula is C39H51F2N5O4. The summed E-state index contributed by atoms with van der Waals surface area (Å²) in [5, 5.41) is 2.83. The van der Waals surface area contributed by atoms with Crippen LogP contribution < -0.4 is 21.5 Å². The highest BCUT2D eigenvalue weighted by molar-refractivity contribution is 5.69. The Morgan fingerprint density at radius 3 is 2.28 bits per heavy atom. The molecule has 0 unspecified atom stereocenters. The molecule has 270 valence electrons. The van der Waals surface area contributed by atoms with Crippen LogP contribution >= 0.6 is 0 Å². The van der Waals surface area contributed by atoms with Gasteiger partial charge in [-0.15, -0.1) is 0 Å². The summed E-state index contributed by atoms with van der Waals surface area (Å²) in [6.07, 6.45) is 18.7. The number of ether oxygens (including phenoxy) is 1. The number of amides is 1. The van der Waals surface area contributed by atoms with Gasteiger partial charge in [0.25, 0.3) is 5.56 Å². The van der Waals surface area contributed by atoms with Crippen molar-refractivity contribution in [3.05, 3.63) is 135 Å². The number of hydrogen-bond donors (Lipinski definition) is 1. The van der Waals surface area contributed by atoms with Gasteiger partial charge in [-0.1, -0.05) is 73.4 Å². The highest BCUT2D eigenvalue weighted by atomic mass is 19.1. The fraction of sp³-hybridized carbons (Fsp3) is 0.410. The average Bonchev–Trinajstić information content (AvgIpc) is 3.05. The Morgan fingerprint density at radius 2 is 1.68 bits per heavy atom. The maximum atomic E-state index is 14.9. The molecule has 9 nitrogen and oxygen atoms in total. The fourth-order valence-electron chi connectivity index (χ4n) is 5.67. The number of piperazine rings is 1. The van der Waals surface area contributed by atoms with Crippen molar-refractivity contribution in [2.45, 2.75) is 72.7 Å². The van der Waals surface area contributed by atoms with Gasteiger partial charge in [0.05, 0.1) is 19.1 Å². The number of nitrogens with zero attached hydrogens (tertiary/aromatic N) is 4. The number of halogens is 2. The van der Waals surface area contributed by atoms with E-state index in [9.17, 15) is 23.2 Å². The maximum absolute atomic E-state index is 14.9. The molecule has 1 aliphatic rings. The predicted octanol–water partition coefficient (Wildman–Crippen LogP) is 6.43. The number of benzene rings is 1. The second kappa shape index (κ2) is 18.8. The van der Waals surface area contributed by atoms with Gasteiger partial charge in [-0.3, -0.25) is 18.8 Å². The average molecular weight is 692 g/mol. The first-order chi connectivity index (χ1) is 23.8. The van der Waals surface area contributed by atoms with Crippen LogP contribution in [0.2, 0.25) is 0 Å². The zero-order chi connectivity index (χ0) is 36.8. The number of aromatic nitrogens is 2. The smallest absolute Gasteiger partial charge is 0.408 e. The van der Waals surface area contributed by atoms with Crippen molar-refractivity contribution in [1.82, 2.24) is 19.4 Å². The van der Waals surface area contributed by atoms with Crippen LogP contribution in [0.1, 0.15) is 52.3 Å². The van der Waals surface area contributed by atoms with E-state index >= 15 is 0 Å². The summed E-state index contributed by atoms with van der Waals surface area (Å²) < 4.78 is 37.6. The van der Waals surface area contributed by atoms with Crippen molar-refractivity contribution >= 4 is 11.8 Å². The van der Waals surface area contributed by atoms with Crippen LogP contribution in [0, 0.1) is 18.6 Å². The Bertz CT molecular complexity index is 1730. The molecule has 3 rings (SSSR count). The number of carbonyl (C=O) groups is 1. The van der Waals surface area contributed by atoms with Gasteiger partial charge in [0.1, 0.15) is 22.9 Å². The molecule has 1 saturated heterocycles. The number of nitrogens with one attached hydrogen (secondary N) is 1. The molecule has 1 atom stereocenters. The normalized spacial score (nSPS) is 15.5. The second-order valence-corrected chi connectivity index (χ2v) is 13.0. The lowest BCUT2D eigenvalue weighted by Crippen LogP contribution is -2.53. The van der Waals surface area contributed by atoms with Crippen LogP contribution in [0.25, 0.3) is 0 Å². The van der Waals surface area contributed by atoms with Gasteiger partial charge in [0.15, 0.2) is 0 Å². The van der Waals surface area contributed by atoms with E-state index in [1.807, 2.05) is 42.2 Å². The quantitative estimate of drug-likeness (QED) is 0.230. The molecule has 1 aliphatic heterocycles. The number of hydrogen-bond acceptors (Lipinski definition) is 6. The highest BCUT2D eigenvalue weighted by Crippen LogP contribution is 2.20. The molecule has 2 heterocycles. The molecule has 1 N–H and O–H groups in total. The van der Waals surface area contributed by atoms with E-state index in [1.165, 1.54) is 10.6 Å². The Kier molecular flexibility index (Phi) is 14.9. The lowest BCUT2D eigenvalue weighted by molar-refractivity contribution is 0.0508. The molecule has 0 saturated carbocycles. The van der Waals surface area contributed by atoms with Gasteiger partial charge in [0, 0.05) is 44.0 Å². The third kappa shape index (κ3) is 11.1. The van der Waals surface area contributed by atoms with Crippen molar-refractivity contribution < 1.29 is 18.3 Å². The molecular weight excluding hydrogens is 640 g/mol. The molecule has 0 aliphatic carbocycles. The topological polar surface area (TPSA) is 88.8 Å². The first-order valence-corrected chi connectivity index (χ1v) is 16.9. The van der Waals surface area contributed by atoms with Crippen LogP contribution in [0.3, 0.4) is 0 Å². The Hall–Kier alpha value is -4.77. The molecule has 1 amide bonds. The van der Waals surface area contributed by atoms with Gasteiger partial charge in [0.2, 0.25) is 0 Å². The first kappa shape index (κ1) is 39.7. The van der Waals surface area contributed by atoms with E-state index < -0.39 is 47.2 Å². The lowest BCUT2D eigenvalue weighted by atomic mass is 10.1. The number of carbonyl (C=O) groups excluding carboxylic acids is 1. The summed E-state index contributed by atoms with van der Waals surface area (Å²) in [5.74, 6) is -1.60. The second-order valence-electron chi connectivity index (χ2n) is 13.0. The van der Waals surface area contributed by atoms with Crippen LogP contribution in [0.4, 0.5) is 19.3 Å². The lowest BCUT2D eigenvalue weighted by Gasteiger charge is -2.36. The van der Waals surface area contributed by atoms with E-state index in [1.54, 1.807) is 58.9 Å². The minimum atomic E-state index is -0.859. The Morgan fingerprint density at radius 1 is 1.00 bits per heavy atom. The van der Waals surface area contributed by atoms with Crippen LogP contribution in [-0.4, -0.2) is 64.5 Å². The molecule has 0 radical (unpaired) electrons. The monoisotopic (exact) mass is 691 g/mol. The number of rotatable bonds is 14. The molecule has 50 heavy (non-hydrogen) atoms. The van der Waals surface area contributed by atoms with Crippen LogP contribution in [-0.2, 0) is 17.8 Å². The molecule has 1 fully saturated rings. The summed E-state index contributed by atoms with van der Waals surface area (Å²) in [4.78, 5) is 45.8. The largest absolute Gasteiger partial charge is 0.444 e. The summed E-state index contributed by atoms with van der Waals surface area (Å²) in [5.41, 5.74) is -1.18. The van der Waals surface area contributed by atoms with Crippen molar-refractivity contribution in [2.24, 2.45) is 0 Å². The van der Waals surface area contributed by atoms with Gasteiger partial charge in [-0.2, -0.15) is 0 Å². The summed E-state index contributed by atoms with van der Waals surface area (Å²) in [7, 11) is 0. The minimum Gasteiger partial charge on any atom is -0.444 e. The molecule has 2 aromatic rings. The standard InChI is InChI=1S/C39H51F2N5O4/c1-8-11-13-14-15-17-22-43-23-25-44(26-24-43)35-29(4)45(27-31-32(40)20-18-21-33(31)41)38(49)46(36(35)47)28-34(30(10-3)19-16-12-9-2)42-37(48)50-39(5,6)7/h8-16,18-21,34H,1,17,22-28H2,2-7H3,(H,42,48)/b12-9-,13-11-,15-14+,19-16-,30-10+/t34-/m0/s1. The highest BCUT2D eigenvalue weighted by Gasteiger charge is 2.28. The van der Waals surface area contributed by atoms with Gasteiger partial charge in [-0.05, 0) is 65.7 Å². The third-order valence-corrected chi connectivity index (χ3v) is 8.21. The Labute approximate surface area is 294 Å².